The standard InChI is InChI=1S/C60H91N19O12S/c1-34(2)29-45(77-92(90,91)48-24-11-16-38-39(48)17-10-22-46(38)78(4)5)58(89)79-28-14-23-47(79)56(87)75-42(19-8-9-25-61)54(85)76-51(35(3)80)57(88)71-32-49(81)70-33-50(82)72-44(30-36-31-69-40-18-7-6-15-37(36)40)55(86)74-43(21-13-27-68-60(65)66)53(84)73-41(52(62)83)20-12-26-67-59(63)64/h6-7,10-11,15-18,22,24,31,34-35,41-45,47,51,69,77,80H,8-9,12-14,19-21,23,25-30,32-33,61H2,1-5H3,(H2,62,83)(H,70,81)(H,71,88)(H,72,82)(H,73,84)(H,74,86)(H,75,87)(H,76,85)(H4,63,64,67)(H4,65,66,68)/t35-,41+,42+,43+,44+,45+,47+,51+/m1/s1. The highest BCUT2D eigenvalue weighted by Crippen LogP contribution is 2.31. The first-order valence-electron chi connectivity index (χ1n) is 30.5. The number of hydrogen-bond acceptors (Lipinski definition) is 16. The average molecular weight is 1300 g/mol. The molecule has 0 aliphatic carbocycles. The molecule has 4 aromatic rings. The number of likely N-dealkylation sites (tertiary alicyclic amines) is 1. The molecule has 3 aromatic carbocycles. The fourth-order valence-electron chi connectivity index (χ4n) is 10.6. The largest absolute Gasteiger partial charge is 0.391 e. The molecule has 0 bridgehead atoms. The predicted molar refractivity (Wildman–Crippen MR) is 348 cm³/mol. The van der Waals surface area contributed by atoms with Crippen LogP contribution in [0, 0.1) is 5.92 Å². The summed E-state index contributed by atoms with van der Waals surface area (Å²) in [6.07, 6.45) is 1.88. The molecule has 1 aromatic heterocycles. The van der Waals surface area contributed by atoms with E-state index < -0.39 is 125 Å². The summed E-state index contributed by atoms with van der Waals surface area (Å²) in [4.78, 5) is 138. The van der Waals surface area contributed by atoms with Crippen LogP contribution in [0.3, 0.4) is 0 Å². The Hall–Kier alpha value is -9.14. The van der Waals surface area contributed by atoms with Crippen LogP contribution in [-0.2, 0) is 59.6 Å². The third-order valence-corrected chi connectivity index (χ3v) is 16.7. The first kappa shape index (κ1) is 73.6. The third kappa shape index (κ3) is 22.1. The number of unbranched alkanes of at least 4 members (excludes halogenated alkanes) is 1. The topological polar surface area (TPSA) is 507 Å². The van der Waals surface area contributed by atoms with Crippen molar-refractivity contribution in [2.75, 3.05) is 58.3 Å². The summed E-state index contributed by atoms with van der Waals surface area (Å²) in [5, 5.41) is 30.4. The number of rotatable bonds is 37. The molecule has 5 rings (SSSR count). The van der Waals surface area contributed by atoms with Crippen molar-refractivity contribution < 1.29 is 56.7 Å². The van der Waals surface area contributed by atoms with Crippen molar-refractivity contribution in [2.24, 2.45) is 50.3 Å². The van der Waals surface area contributed by atoms with Crippen molar-refractivity contribution in [3.63, 3.8) is 0 Å². The van der Waals surface area contributed by atoms with Gasteiger partial charge in [-0.3, -0.25) is 53.1 Å². The van der Waals surface area contributed by atoms with E-state index in [4.69, 9.17) is 34.4 Å². The summed E-state index contributed by atoms with van der Waals surface area (Å²) in [5.74, 6) is -8.04. The molecule has 1 aliphatic heterocycles. The van der Waals surface area contributed by atoms with Gasteiger partial charge in [-0.1, -0.05) is 56.3 Å². The van der Waals surface area contributed by atoms with Gasteiger partial charge in [-0.05, 0) is 107 Å². The fraction of sp³-hybridized carbons (Fsp3) is 0.517. The monoisotopic (exact) mass is 1300 g/mol. The Morgan fingerprint density at radius 3 is 1.89 bits per heavy atom. The van der Waals surface area contributed by atoms with E-state index in [2.05, 4.69) is 56.9 Å². The van der Waals surface area contributed by atoms with Gasteiger partial charge in [-0.2, -0.15) is 4.72 Å². The smallest absolute Gasteiger partial charge is 0.245 e. The number of nitrogens with one attached hydrogen (secondary N) is 9. The molecule has 2 heterocycles. The molecular formula is C60H91N19O12S. The Bertz CT molecular complexity index is 3400. The second kappa shape index (κ2) is 35.5. The number of primary amides is 1. The number of hydrogen-bond donors (Lipinski definition) is 16. The summed E-state index contributed by atoms with van der Waals surface area (Å²) >= 11 is 0. The molecule has 504 valence electrons. The lowest BCUT2D eigenvalue weighted by molar-refractivity contribution is -0.141. The van der Waals surface area contributed by atoms with Crippen LogP contribution in [0.2, 0.25) is 0 Å². The fourth-order valence-corrected chi connectivity index (χ4v) is 12.0. The Morgan fingerprint density at radius 1 is 0.663 bits per heavy atom. The van der Waals surface area contributed by atoms with E-state index in [1.165, 1.54) is 17.9 Å². The van der Waals surface area contributed by atoms with E-state index in [1.807, 2.05) is 45.0 Å². The lowest BCUT2D eigenvalue weighted by Crippen LogP contribution is -2.60. The molecule has 22 N–H and O–H groups in total. The summed E-state index contributed by atoms with van der Waals surface area (Å²) in [6.45, 7) is 3.95. The van der Waals surface area contributed by atoms with Gasteiger partial charge in [0.1, 0.15) is 42.3 Å². The molecule has 9 amide bonds. The molecule has 32 heteroatoms. The van der Waals surface area contributed by atoms with Crippen molar-refractivity contribution in [3.05, 3.63) is 72.4 Å². The van der Waals surface area contributed by atoms with Crippen LogP contribution < -0.4 is 81.2 Å². The number of amides is 9. The number of H-pyrrole nitrogens is 1. The first-order chi connectivity index (χ1) is 43.6. The van der Waals surface area contributed by atoms with Crippen molar-refractivity contribution in [1.82, 2.24) is 51.8 Å². The molecule has 1 fully saturated rings. The van der Waals surface area contributed by atoms with Gasteiger partial charge in [0.25, 0.3) is 0 Å². The maximum Gasteiger partial charge on any atom is 0.245 e. The number of aliphatic imine (C=N–C) groups is 2. The summed E-state index contributed by atoms with van der Waals surface area (Å²) in [7, 11) is -0.638. The number of aliphatic hydroxyl groups is 1. The maximum absolute atomic E-state index is 14.5. The zero-order valence-electron chi connectivity index (χ0n) is 52.7. The number of fused-ring (bicyclic) bond motifs is 2. The van der Waals surface area contributed by atoms with Gasteiger partial charge in [-0.25, -0.2) is 8.42 Å². The van der Waals surface area contributed by atoms with Gasteiger partial charge in [0.2, 0.25) is 63.2 Å². The Balaban J connectivity index is 1.24. The first-order valence-corrected chi connectivity index (χ1v) is 32.0. The second-order valence-electron chi connectivity index (χ2n) is 23.2. The number of aromatic nitrogens is 1. The van der Waals surface area contributed by atoms with Gasteiger partial charge >= 0.3 is 0 Å². The molecule has 1 saturated heterocycles. The Kier molecular flexibility index (Phi) is 28.4. The number of aliphatic hydroxyl groups excluding tert-OH is 1. The van der Waals surface area contributed by atoms with Crippen molar-refractivity contribution in [1.29, 1.82) is 0 Å². The van der Waals surface area contributed by atoms with Crippen molar-refractivity contribution in [2.45, 2.75) is 145 Å². The SMILES string of the molecule is CC(C)C[C@H](NS(=O)(=O)c1cccc2c(N(C)C)cccc12)C(=O)N1CCC[C@H]1C(=O)N[C@@H](CCCCN)C(=O)N[C@H](C(=O)NCC(=O)NCC(=O)N[C@@H](Cc1c[nH]c2ccccc12)C(=O)N[C@@H](CCCN=C(N)N)C(=O)N[C@@H](CCCN=C(N)N)C(N)=O)[C@@H](C)O. The van der Waals surface area contributed by atoms with Gasteiger partial charge in [-0.15, -0.1) is 0 Å². The molecule has 31 nitrogen and oxygen atoms in total. The number of carbonyl (C=O) groups is 9. The number of nitrogens with two attached hydrogens (primary N) is 6. The lowest BCUT2D eigenvalue weighted by Gasteiger charge is -2.31. The normalized spacial score (nSPS) is 15.3. The molecule has 0 unspecified atom stereocenters. The molecule has 0 spiro atoms. The third-order valence-electron chi connectivity index (χ3n) is 15.2. The molecule has 0 saturated carbocycles. The van der Waals surface area contributed by atoms with Crippen LogP contribution in [0.15, 0.2) is 81.7 Å². The molecule has 1 aliphatic rings. The van der Waals surface area contributed by atoms with Crippen LogP contribution in [0.25, 0.3) is 21.7 Å². The van der Waals surface area contributed by atoms with Crippen LogP contribution in [0.4, 0.5) is 5.69 Å². The maximum atomic E-state index is 14.5. The summed E-state index contributed by atoms with van der Waals surface area (Å²) < 4.78 is 31.1. The van der Waals surface area contributed by atoms with E-state index in [-0.39, 0.29) is 100 Å². The van der Waals surface area contributed by atoms with Crippen LogP contribution in [-0.4, -0.2) is 190 Å². The number of nitrogens with zero attached hydrogens (tertiary/aromatic N) is 4. The molecule has 92 heavy (non-hydrogen) atoms. The van der Waals surface area contributed by atoms with E-state index in [9.17, 15) is 56.7 Å². The minimum absolute atomic E-state index is 0.0202. The zero-order chi connectivity index (χ0) is 67.8. The van der Waals surface area contributed by atoms with Gasteiger partial charge in [0.15, 0.2) is 11.9 Å². The minimum atomic E-state index is -4.32. The van der Waals surface area contributed by atoms with Crippen LogP contribution >= 0.6 is 0 Å². The number of benzene rings is 3. The number of anilines is 1. The van der Waals surface area contributed by atoms with E-state index in [0.29, 0.717) is 35.6 Å². The highest BCUT2D eigenvalue weighted by molar-refractivity contribution is 7.89. The molecular weight excluding hydrogens is 1210 g/mol. The number of aromatic amines is 1. The molecule has 0 radical (unpaired) electrons. The van der Waals surface area contributed by atoms with Crippen molar-refractivity contribution >= 4 is 102 Å². The van der Waals surface area contributed by atoms with E-state index >= 15 is 0 Å². The predicted octanol–water partition coefficient (Wildman–Crippen LogP) is -2.93. The Labute approximate surface area is 534 Å². The number of para-hydroxylation sites is 1. The zero-order valence-corrected chi connectivity index (χ0v) is 53.5. The van der Waals surface area contributed by atoms with Crippen LogP contribution in [0.1, 0.15) is 90.5 Å². The quantitative estimate of drug-likeness (QED) is 0.0122. The van der Waals surface area contributed by atoms with E-state index in [1.54, 1.807) is 48.7 Å². The minimum Gasteiger partial charge on any atom is -0.391 e. The number of guanidine groups is 2. The highest BCUT2D eigenvalue weighted by atomic mass is 32.2. The summed E-state index contributed by atoms with van der Waals surface area (Å²) in [5.41, 5.74) is 35.3. The summed E-state index contributed by atoms with van der Waals surface area (Å²) in [6, 6.07) is 8.11. The van der Waals surface area contributed by atoms with Gasteiger partial charge < -0.3 is 91.5 Å². The van der Waals surface area contributed by atoms with Crippen LogP contribution in [0.5, 0.6) is 0 Å². The number of sulfonamides is 1. The highest BCUT2D eigenvalue weighted by Gasteiger charge is 2.41. The number of carbonyl (C=O) groups excluding carboxylic acids is 9. The average Bonchev–Trinajstić information content (AvgIpc) is 0.881. The van der Waals surface area contributed by atoms with Gasteiger partial charge in [0, 0.05) is 73.7 Å². The van der Waals surface area contributed by atoms with Crippen molar-refractivity contribution in [3.8, 4) is 0 Å². The van der Waals surface area contributed by atoms with Gasteiger partial charge in [0.05, 0.1) is 24.1 Å². The second-order valence-corrected chi connectivity index (χ2v) is 24.9. The Morgan fingerprint density at radius 2 is 1.25 bits per heavy atom. The lowest BCUT2D eigenvalue weighted by atomic mass is 10.0. The molecule has 8 atom stereocenters. The van der Waals surface area contributed by atoms with E-state index in [0.717, 1.165) is 16.6 Å².